The van der Waals surface area contributed by atoms with Gasteiger partial charge in [-0.2, -0.15) is 5.10 Å². The van der Waals surface area contributed by atoms with Gasteiger partial charge in [-0.25, -0.2) is 0 Å². The van der Waals surface area contributed by atoms with Gasteiger partial charge >= 0.3 is 0 Å². The number of piperidine rings is 1. The van der Waals surface area contributed by atoms with Gasteiger partial charge in [0.1, 0.15) is 11.9 Å². The normalized spacial score (nSPS) is 13.8. The van der Waals surface area contributed by atoms with Crippen LogP contribution in [0.4, 0.5) is 5.69 Å². The Bertz CT molecular complexity index is 1140. The second kappa shape index (κ2) is 17.0. The molecule has 39 heavy (non-hydrogen) atoms. The summed E-state index contributed by atoms with van der Waals surface area (Å²) in [5, 5.41) is 8.06. The number of H-pyrrole nitrogens is 1. The number of nitrogen functional groups attached to an aromatic ring is 1. The predicted octanol–water partition coefficient (Wildman–Crippen LogP) is 7.78. The molecule has 6 heteroatoms. The van der Waals surface area contributed by atoms with Gasteiger partial charge in [-0.3, -0.25) is 9.89 Å². The van der Waals surface area contributed by atoms with Crippen molar-refractivity contribution in [2.24, 2.45) is 0 Å². The van der Waals surface area contributed by atoms with Crippen molar-refractivity contribution < 1.29 is 9.53 Å². The molecule has 216 valence electrons. The molecule has 1 fully saturated rings. The second-order valence-electron chi connectivity index (χ2n) is 10.5. The number of benzene rings is 2. The standard InChI is InChI=1S/C16H25NO.C11H13N3O.C6H14/c1-4-13-6-7-16(12-14(13)5-2)18-15-8-10-17(3)11-9-15;1-3-10-8-4-7(6(2)15)9(12)5-11(8)14-13-10;1-3-5-6-4-2/h6-7,12,15H,4-5,8-11H2,1-3H3;4-5H,3,12H2,1-2H3,(H,13,14);3-6H2,1-2H3. The second-order valence-corrected chi connectivity index (χ2v) is 10.5. The molecule has 0 aliphatic carbocycles. The molecule has 1 aromatic heterocycles. The molecule has 0 saturated carbocycles. The van der Waals surface area contributed by atoms with E-state index in [9.17, 15) is 4.79 Å². The maximum Gasteiger partial charge on any atom is 0.161 e. The molecule has 1 aliphatic heterocycles. The summed E-state index contributed by atoms with van der Waals surface area (Å²) in [5.41, 5.74) is 11.6. The van der Waals surface area contributed by atoms with Crippen LogP contribution < -0.4 is 10.5 Å². The van der Waals surface area contributed by atoms with Gasteiger partial charge in [0, 0.05) is 35.4 Å². The number of unbranched alkanes of at least 4 members (excludes halogenated alkanes) is 3. The third kappa shape index (κ3) is 9.99. The number of Topliss-reactive ketones (excluding diaryl/α,β-unsaturated/α-hetero) is 1. The van der Waals surface area contributed by atoms with Gasteiger partial charge in [-0.1, -0.05) is 66.4 Å². The Morgan fingerprint density at radius 2 is 1.62 bits per heavy atom. The Labute approximate surface area is 236 Å². The number of hydrogen-bond acceptors (Lipinski definition) is 5. The van der Waals surface area contributed by atoms with Crippen LogP contribution in [0.2, 0.25) is 0 Å². The lowest BCUT2D eigenvalue weighted by Crippen LogP contribution is -2.35. The van der Waals surface area contributed by atoms with Gasteiger partial charge in [0.25, 0.3) is 0 Å². The van der Waals surface area contributed by atoms with E-state index in [2.05, 4.69) is 68.0 Å². The van der Waals surface area contributed by atoms with Crippen LogP contribution in [0.5, 0.6) is 5.75 Å². The molecule has 0 spiro atoms. The number of ketones is 1. The molecule has 3 aromatic rings. The highest BCUT2D eigenvalue weighted by atomic mass is 16.5. The topological polar surface area (TPSA) is 84.2 Å². The van der Waals surface area contributed by atoms with E-state index in [1.54, 1.807) is 6.07 Å². The molecule has 1 saturated heterocycles. The molecular formula is C33H52N4O2. The fraction of sp³-hybridized carbons (Fsp3) is 0.576. The number of anilines is 1. The van der Waals surface area contributed by atoms with E-state index in [1.165, 1.54) is 43.7 Å². The molecular weight excluding hydrogens is 484 g/mol. The molecule has 2 heterocycles. The van der Waals surface area contributed by atoms with Crippen molar-refractivity contribution in [2.75, 3.05) is 25.9 Å². The number of nitrogens with one attached hydrogen (secondary N) is 1. The first-order chi connectivity index (χ1) is 18.8. The summed E-state index contributed by atoms with van der Waals surface area (Å²) in [7, 11) is 2.18. The molecule has 0 bridgehead atoms. The van der Waals surface area contributed by atoms with Crippen LogP contribution in [0.1, 0.15) is 107 Å². The van der Waals surface area contributed by atoms with E-state index < -0.39 is 0 Å². The third-order valence-corrected chi connectivity index (χ3v) is 7.40. The number of aromatic nitrogens is 2. The summed E-state index contributed by atoms with van der Waals surface area (Å²) in [6.07, 6.45) is 11.3. The van der Waals surface area contributed by atoms with E-state index in [0.29, 0.717) is 17.4 Å². The van der Waals surface area contributed by atoms with E-state index >= 15 is 0 Å². The summed E-state index contributed by atoms with van der Waals surface area (Å²) >= 11 is 0. The Balaban J connectivity index is 0.000000230. The fourth-order valence-electron chi connectivity index (χ4n) is 4.85. The number of aromatic amines is 1. The monoisotopic (exact) mass is 536 g/mol. The van der Waals surface area contributed by atoms with Gasteiger partial charge in [0.05, 0.1) is 5.52 Å². The molecule has 1 aliphatic rings. The predicted molar refractivity (Wildman–Crippen MR) is 166 cm³/mol. The van der Waals surface area contributed by atoms with E-state index in [-0.39, 0.29) is 5.78 Å². The average Bonchev–Trinajstić information content (AvgIpc) is 3.34. The number of aryl methyl sites for hydroxylation is 3. The minimum atomic E-state index is -0.0161. The van der Waals surface area contributed by atoms with Gasteiger partial charge in [0.2, 0.25) is 0 Å². The summed E-state index contributed by atoms with van der Waals surface area (Å²) in [4.78, 5) is 13.7. The van der Waals surface area contributed by atoms with Crippen molar-refractivity contribution in [1.29, 1.82) is 0 Å². The summed E-state index contributed by atoms with van der Waals surface area (Å²) < 4.78 is 6.12. The van der Waals surface area contributed by atoms with E-state index in [1.807, 2.05) is 13.0 Å². The number of nitrogens with two attached hydrogens (primary N) is 1. The van der Waals surface area contributed by atoms with Crippen LogP contribution in [-0.2, 0) is 19.3 Å². The van der Waals surface area contributed by atoms with Crippen molar-refractivity contribution in [1.82, 2.24) is 15.1 Å². The Hall–Kier alpha value is -2.86. The number of carbonyl (C=O) groups is 1. The van der Waals surface area contributed by atoms with Crippen molar-refractivity contribution >= 4 is 22.4 Å². The van der Waals surface area contributed by atoms with Crippen LogP contribution in [0.15, 0.2) is 30.3 Å². The van der Waals surface area contributed by atoms with Gasteiger partial charge in [0.15, 0.2) is 5.78 Å². The highest BCUT2D eigenvalue weighted by molar-refractivity contribution is 6.03. The van der Waals surface area contributed by atoms with Gasteiger partial charge in [-0.05, 0) is 81.5 Å². The highest BCUT2D eigenvalue weighted by Crippen LogP contribution is 2.24. The number of rotatable bonds is 9. The minimum Gasteiger partial charge on any atom is -0.490 e. The molecule has 0 radical (unpaired) electrons. The SMILES string of the molecule is CCCCCC.CCc1[nH]nc2cc(N)c(C(C)=O)cc12.CCc1ccc(OC2CCN(C)CC2)cc1CC. The lowest BCUT2D eigenvalue weighted by Gasteiger charge is -2.29. The summed E-state index contributed by atoms with van der Waals surface area (Å²) in [6, 6.07) is 10.1. The molecule has 3 N–H and O–H groups in total. The van der Waals surface area contributed by atoms with Crippen molar-refractivity contribution in [3.8, 4) is 5.75 Å². The first-order valence-electron chi connectivity index (χ1n) is 15.0. The zero-order valence-corrected chi connectivity index (χ0v) is 25.5. The Morgan fingerprint density at radius 1 is 0.974 bits per heavy atom. The fourth-order valence-corrected chi connectivity index (χ4v) is 4.85. The molecule has 6 nitrogen and oxygen atoms in total. The zero-order chi connectivity index (χ0) is 28.8. The van der Waals surface area contributed by atoms with E-state index in [4.69, 9.17) is 10.5 Å². The number of fused-ring (bicyclic) bond motifs is 1. The minimum absolute atomic E-state index is 0.0161. The number of carbonyl (C=O) groups excluding carboxylic acids is 1. The zero-order valence-electron chi connectivity index (χ0n) is 25.5. The van der Waals surface area contributed by atoms with Crippen LogP contribution in [0.3, 0.4) is 0 Å². The maximum absolute atomic E-state index is 11.3. The molecule has 4 rings (SSSR count). The number of nitrogens with zero attached hydrogens (tertiary/aromatic N) is 2. The first-order valence-corrected chi connectivity index (χ1v) is 15.0. The first kappa shape index (κ1) is 32.4. The molecule has 2 aromatic carbocycles. The average molecular weight is 537 g/mol. The highest BCUT2D eigenvalue weighted by Gasteiger charge is 2.18. The third-order valence-electron chi connectivity index (χ3n) is 7.40. The lowest BCUT2D eigenvalue weighted by molar-refractivity contribution is 0.101. The summed E-state index contributed by atoms with van der Waals surface area (Å²) in [5.74, 6) is 1.04. The summed E-state index contributed by atoms with van der Waals surface area (Å²) in [6.45, 7) is 14.8. The van der Waals surface area contributed by atoms with Crippen LogP contribution in [0.25, 0.3) is 10.9 Å². The number of ether oxygens (including phenoxy) is 1. The van der Waals surface area contributed by atoms with Crippen LogP contribution >= 0.6 is 0 Å². The lowest BCUT2D eigenvalue weighted by atomic mass is 10.0. The van der Waals surface area contributed by atoms with E-state index in [0.717, 1.165) is 67.5 Å². The largest absolute Gasteiger partial charge is 0.490 e. The maximum atomic E-state index is 11.3. The molecule has 0 atom stereocenters. The number of likely N-dealkylation sites (tertiary alicyclic amines) is 1. The quantitative estimate of drug-likeness (QED) is 0.166. The van der Waals surface area contributed by atoms with Crippen molar-refractivity contribution in [3.63, 3.8) is 0 Å². The smallest absolute Gasteiger partial charge is 0.161 e. The van der Waals surface area contributed by atoms with Crippen molar-refractivity contribution in [3.05, 3.63) is 52.7 Å². The number of hydrogen-bond donors (Lipinski definition) is 2. The molecule has 0 amide bonds. The Morgan fingerprint density at radius 3 is 2.15 bits per heavy atom. The van der Waals surface area contributed by atoms with Crippen LogP contribution in [0, 0.1) is 0 Å². The Kier molecular flexibility index (Phi) is 14.1. The van der Waals surface area contributed by atoms with Crippen LogP contribution in [-0.4, -0.2) is 47.1 Å². The molecule has 0 unspecified atom stereocenters. The van der Waals surface area contributed by atoms with Crippen molar-refractivity contribution in [2.45, 2.75) is 105 Å². The van der Waals surface area contributed by atoms with Gasteiger partial charge < -0.3 is 15.4 Å². The van der Waals surface area contributed by atoms with Gasteiger partial charge in [-0.15, -0.1) is 0 Å².